The quantitative estimate of drug-likeness (QED) is 0.888. The van der Waals surface area contributed by atoms with E-state index in [-0.39, 0.29) is 24.8 Å². The number of carbonyl (C=O) groups is 2. The number of hydrogen-bond acceptors (Lipinski definition) is 2. The predicted octanol–water partition coefficient (Wildman–Crippen LogP) is 3.41. The molecule has 0 saturated carbocycles. The number of anilines is 1. The molecule has 0 aliphatic rings. The normalized spacial score (nSPS) is 10.1. The van der Waals surface area contributed by atoms with Crippen LogP contribution in [0.3, 0.4) is 0 Å². The minimum atomic E-state index is -0.195. The van der Waals surface area contributed by atoms with Gasteiger partial charge >= 0.3 is 0 Å². The average Bonchev–Trinajstić information content (AvgIpc) is 2.51. The molecule has 0 saturated heterocycles. The van der Waals surface area contributed by atoms with E-state index >= 15 is 0 Å². The van der Waals surface area contributed by atoms with Crippen molar-refractivity contribution in [2.45, 2.75) is 13.3 Å². The summed E-state index contributed by atoms with van der Waals surface area (Å²) in [7, 11) is 0. The fourth-order valence-corrected chi connectivity index (χ4v) is 2.20. The van der Waals surface area contributed by atoms with Crippen molar-refractivity contribution in [1.29, 1.82) is 0 Å². The van der Waals surface area contributed by atoms with E-state index in [4.69, 9.17) is 11.6 Å². The zero-order valence-electron chi connectivity index (χ0n) is 12.2. The molecule has 0 heterocycles. The molecule has 2 aromatic carbocycles. The molecule has 22 heavy (non-hydrogen) atoms. The number of nitrogens with one attached hydrogen (secondary N) is 2. The number of rotatable bonds is 5. The van der Waals surface area contributed by atoms with Crippen LogP contribution >= 0.6 is 11.6 Å². The van der Waals surface area contributed by atoms with E-state index in [1.54, 1.807) is 36.4 Å². The van der Waals surface area contributed by atoms with Crippen molar-refractivity contribution >= 4 is 29.1 Å². The second-order valence-electron chi connectivity index (χ2n) is 4.90. The van der Waals surface area contributed by atoms with Gasteiger partial charge in [0, 0.05) is 18.5 Å². The fraction of sp³-hybridized carbons (Fsp3) is 0.176. The van der Waals surface area contributed by atoms with E-state index in [0.29, 0.717) is 16.3 Å². The average molecular weight is 317 g/mol. The van der Waals surface area contributed by atoms with Gasteiger partial charge in [-0.3, -0.25) is 9.59 Å². The summed E-state index contributed by atoms with van der Waals surface area (Å²) in [5.41, 5.74) is 2.18. The van der Waals surface area contributed by atoms with Gasteiger partial charge in [-0.15, -0.1) is 0 Å². The van der Waals surface area contributed by atoms with Crippen LogP contribution in [-0.4, -0.2) is 18.4 Å². The van der Waals surface area contributed by atoms with Crippen LogP contribution in [0, 0.1) is 6.92 Å². The first-order valence-corrected chi connectivity index (χ1v) is 7.33. The number of halogens is 1. The van der Waals surface area contributed by atoms with Crippen LogP contribution in [-0.2, 0) is 4.79 Å². The molecule has 2 rings (SSSR count). The van der Waals surface area contributed by atoms with E-state index < -0.39 is 0 Å². The van der Waals surface area contributed by atoms with Gasteiger partial charge in [-0.05, 0) is 36.8 Å². The third-order valence-electron chi connectivity index (χ3n) is 3.07. The van der Waals surface area contributed by atoms with Crippen molar-refractivity contribution in [3.8, 4) is 0 Å². The van der Waals surface area contributed by atoms with E-state index in [0.717, 1.165) is 5.56 Å². The molecule has 4 nitrogen and oxygen atoms in total. The molecule has 0 aliphatic carbocycles. The van der Waals surface area contributed by atoms with Crippen LogP contribution in [0.4, 0.5) is 5.69 Å². The second kappa shape index (κ2) is 7.61. The van der Waals surface area contributed by atoms with E-state index in [1.165, 1.54) is 0 Å². The van der Waals surface area contributed by atoms with E-state index in [2.05, 4.69) is 10.6 Å². The molecule has 0 unspecified atom stereocenters. The lowest BCUT2D eigenvalue weighted by atomic mass is 10.2. The summed E-state index contributed by atoms with van der Waals surface area (Å²) >= 11 is 6.05. The zero-order valence-corrected chi connectivity index (χ0v) is 13.0. The van der Waals surface area contributed by atoms with Gasteiger partial charge in [-0.25, -0.2) is 0 Å². The van der Waals surface area contributed by atoms with Gasteiger partial charge < -0.3 is 10.6 Å². The summed E-state index contributed by atoms with van der Waals surface area (Å²) in [6.45, 7) is 2.19. The summed E-state index contributed by atoms with van der Waals surface area (Å²) in [6.07, 6.45) is 0.183. The molecule has 0 atom stereocenters. The topological polar surface area (TPSA) is 58.2 Å². The van der Waals surface area contributed by atoms with Crippen molar-refractivity contribution in [2.24, 2.45) is 0 Å². The second-order valence-corrected chi connectivity index (χ2v) is 5.31. The Morgan fingerprint density at radius 1 is 1.09 bits per heavy atom. The highest BCUT2D eigenvalue weighted by Gasteiger charge is 2.08. The van der Waals surface area contributed by atoms with Gasteiger partial charge in [0.25, 0.3) is 5.91 Å². The van der Waals surface area contributed by atoms with Gasteiger partial charge in [0.05, 0.1) is 10.7 Å². The summed E-state index contributed by atoms with van der Waals surface area (Å²) in [6, 6.07) is 14.3. The molecule has 0 bridgehead atoms. The molecule has 2 amide bonds. The molecular weight excluding hydrogens is 300 g/mol. The molecule has 5 heteroatoms. The maximum Gasteiger partial charge on any atom is 0.251 e. The predicted molar refractivity (Wildman–Crippen MR) is 88.2 cm³/mol. The standard InChI is InChI=1S/C17H17ClN2O2/c1-12-7-8-15(14(18)11-12)20-16(21)9-10-19-17(22)13-5-3-2-4-6-13/h2-8,11H,9-10H2,1H3,(H,19,22)(H,20,21). The van der Waals surface area contributed by atoms with Gasteiger partial charge in [-0.2, -0.15) is 0 Å². The van der Waals surface area contributed by atoms with Gasteiger partial charge in [-0.1, -0.05) is 35.9 Å². The van der Waals surface area contributed by atoms with Crippen molar-refractivity contribution in [3.63, 3.8) is 0 Å². The van der Waals surface area contributed by atoms with Crippen LogP contribution in [0.2, 0.25) is 5.02 Å². The molecule has 0 aromatic heterocycles. The highest BCUT2D eigenvalue weighted by molar-refractivity contribution is 6.33. The molecule has 0 aliphatic heterocycles. The Hall–Kier alpha value is -2.33. The largest absolute Gasteiger partial charge is 0.352 e. The van der Waals surface area contributed by atoms with E-state index in [9.17, 15) is 9.59 Å². The summed E-state index contributed by atoms with van der Waals surface area (Å²) in [4.78, 5) is 23.7. The zero-order chi connectivity index (χ0) is 15.9. The first-order valence-electron chi connectivity index (χ1n) is 6.95. The van der Waals surface area contributed by atoms with Crippen LogP contribution < -0.4 is 10.6 Å². The number of carbonyl (C=O) groups excluding carboxylic acids is 2. The van der Waals surface area contributed by atoms with Crippen molar-refractivity contribution in [1.82, 2.24) is 5.32 Å². The van der Waals surface area contributed by atoms with Crippen LogP contribution in [0.15, 0.2) is 48.5 Å². The molecule has 0 radical (unpaired) electrons. The third-order valence-corrected chi connectivity index (χ3v) is 3.38. The third kappa shape index (κ3) is 4.60. The smallest absolute Gasteiger partial charge is 0.251 e. The summed E-state index contributed by atoms with van der Waals surface area (Å²) in [5.74, 6) is -0.388. The van der Waals surface area contributed by atoms with Crippen molar-refractivity contribution in [2.75, 3.05) is 11.9 Å². The molecule has 2 N–H and O–H groups in total. The van der Waals surface area contributed by atoms with Gasteiger partial charge in [0.1, 0.15) is 0 Å². The minimum Gasteiger partial charge on any atom is -0.352 e. The highest BCUT2D eigenvalue weighted by atomic mass is 35.5. The Morgan fingerprint density at radius 2 is 1.82 bits per heavy atom. The van der Waals surface area contributed by atoms with Crippen molar-refractivity contribution < 1.29 is 9.59 Å². The minimum absolute atomic E-state index is 0.183. The fourth-order valence-electron chi connectivity index (χ4n) is 1.92. The maximum atomic E-state index is 11.8. The Labute approximate surface area is 134 Å². The summed E-state index contributed by atoms with van der Waals surface area (Å²) in [5, 5.41) is 5.94. The van der Waals surface area contributed by atoms with Gasteiger partial charge in [0.15, 0.2) is 0 Å². The van der Waals surface area contributed by atoms with Crippen molar-refractivity contribution in [3.05, 3.63) is 64.7 Å². The molecule has 2 aromatic rings. The highest BCUT2D eigenvalue weighted by Crippen LogP contribution is 2.22. The SMILES string of the molecule is Cc1ccc(NC(=O)CCNC(=O)c2ccccc2)c(Cl)c1. The molecule has 0 fully saturated rings. The number of hydrogen-bond donors (Lipinski definition) is 2. The first-order chi connectivity index (χ1) is 10.6. The van der Waals surface area contributed by atoms with Crippen LogP contribution in [0.5, 0.6) is 0 Å². The maximum absolute atomic E-state index is 11.8. The lowest BCUT2D eigenvalue weighted by molar-refractivity contribution is -0.116. The first kappa shape index (κ1) is 16.0. The van der Waals surface area contributed by atoms with E-state index in [1.807, 2.05) is 19.1 Å². The number of amides is 2. The monoisotopic (exact) mass is 316 g/mol. The Bertz CT molecular complexity index is 672. The van der Waals surface area contributed by atoms with Gasteiger partial charge in [0.2, 0.25) is 5.91 Å². The molecular formula is C17H17ClN2O2. The lowest BCUT2D eigenvalue weighted by Gasteiger charge is -2.08. The van der Waals surface area contributed by atoms with Crippen LogP contribution in [0.1, 0.15) is 22.3 Å². The Balaban J connectivity index is 1.80. The summed E-state index contributed by atoms with van der Waals surface area (Å²) < 4.78 is 0. The molecule has 114 valence electrons. The number of aryl methyl sites for hydroxylation is 1. The van der Waals surface area contributed by atoms with Crippen LogP contribution in [0.25, 0.3) is 0 Å². The Kier molecular flexibility index (Phi) is 5.55. The Morgan fingerprint density at radius 3 is 2.50 bits per heavy atom. The molecule has 0 spiro atoms. The number of benzene rings is 2. The lowest BCUT2D eigenvalue weighted by Crippen LogP contribution is -2.27.